The molecule has 0 saturated heterocycles. The van der Waals surface area contributed by atoms with Crippen LogP contribution in [0.25, 0.3) is 0 Å². The maximum Gasteiger partial charge on any atom is 0.137 e. The number of rotatable bonds is 2. The molecule has 1 heterocycles. The van der Waals surface area contributed by atoms with Gasteiger partial charge in [0, 0.05) is 17.7 Å². The minimum Gasteiger partial charge on any atom is -0.262 e. The van der Waals surface area contributed by atoms with E-state index in [2.05, 4.69) is 53.4 Å². The molecule has 0 spiro atoms. The summed E-state index contributed by atoms with van der Waals surface area (Å²) in [6, 6.07) is 10.6. The second-order valence-corrected chi connectivity index (χ2v) is 8.78. The van der Waals surface area contributed by atoms with Crippen LogP contribution in [0.4, 0.5) is 0 Å². The largest absolute Gasteiger partial charge is 0.262 e. The van der Waals surface area contributed by atoms with Gasteiger partial charge in [-0.25, -0.2) is 0 Å². The van der Waals surface area contributed by atoms with E-state index in [0.29, 0.717) is 0 Å². The summed E-state index contributed by atoms with van der Waals surface area (Å²) in [6.07, 6.45) is 3.55. The first-order chi connectivity index (χ1) is 7.62. The lowest BCUT2D eigenvalue weighted by Gasteiger charge is -2.23. The average molecular weight is 228 g/mol. The molecule has 0 radical (unpaired) electrons. The molecule has 82 valence electrons. The van der Waals surface area contributed by atoms with E-state index < -0.39 is 8.07 Å². The lowest BCUT2D eigenvalue weighted by molar-refractivity contribution is 1.15. The van der Waals surface area contributed by atoms with Gasteiger partial charge in [-0.1, -0.05) is 48.6 Å². The molecule has 2 nitrogen and oxygen atoms in total. The molecular formula is C13H16N2Si. The molecule has 0 aliphatic heterocycles. The normalized spacial score (nSPS) is 11.4. The van der Waals surface area contributed by atoms with Crippen molar-refractivity contribution in [1.29, 1.82) is 0 Å². The van der Waals surface area contributed by atoms with E-state index in [9.17, 15) is 0 Å². The Morgan fingerprint density at radius 3 is 2.19 bits per heavy atom. The van der Waals surface area contributed by atoms with Gasteiger partial charge in [-0.3, -0.25) is 9.97 Å². The number of aromatic nitrogens is 2. The first-order valence-corrected chi connectivity index (χ1v) is 8.46. The first-order valence-electron chi connectivity index (χ1n) is 5.46. The zero-order valence-electron chi connectivity index (χ0n) is 9.94. The molecule has 0 aliphatic carbocycles. The van der Waals surface area contributed by atoms with Crippen molar-refractivity contribution in [3.63, 3.8) is 0 Å². The Bertz CT molecular complexity index is 480. The molecule has 0 N–H and O–H groups in total. The number of benzene rings is 1. The Hall–Kier alpha value is -1.48. The lowest BCUT2D eigenvalue weighted by Crippen LogP contribution is -2.55. The Labute approximate surface area is 97.4 Å². The van der Waals surface area contributed by atoms with Crippen LogP contribution in [0.2, 0.25) is 13.1 Å². The summed E-state index contributed by atoms with van der Waals surface area (Å²) in [7, 11) is -1.67. The van der Waals surface area contributed by atoms with Crippen LogP contribution >= 0.6 is 0 Å². The van der Waals surface area contributed by atoms with Crippen molar-refractivity contribution in [3.05, 3.63) is 48.4 Å². The van der Waals surface area contributed by atoms with Crippen LogP contribution in [0.5, 0.6) is 0 Å². The molecule has 0 amide bonds. The molecule has 0 unspecified atom stereocenters. The van der Waals surface area contributed by atoms with Crippen molar-refractivity contribution >= 4 is 18.6 Å². The van der Waals surface area contributed by atoms with Crippen LogP contribution in [0, 0.1) is 6.92 Å². The summed E-state index contributed by atoms with van der Waals surface area (Å²) in [4.78, 5) is 8.87. The van der Waals surface area contributed by atoms with Crippen LogP contribution in [-0.2, 0) is 0 Å². The van der Waals surface area contributed by atoms with Crippen LogP contribution in [0.1, 0.15) is 5.69 Å². The molecule has 1 aromatic carbocycles. The van der Waals surface area contributed by atoms with Crippen LogP contribution in [0.3, 0.4) is 0 Å². The van der Waals surface area contributed by atoms with Gasteiger partial charge >= 0.3 is 0 Å². The SMILES string of the molecule is Cc1nccnc1[Si](C)(C)c1ccccc1. The zero-order valence-corrected chi connectivity index (χ0v) is 10.9. The van der Waals surface area contributed by atoms with E-state index in [1.807, 2.05) is 6.92 Å². The minimum atomic E-state index is -1.67. The summed E-state index contributed by atoms with van der Waals surface area (Å²) >= 11 is 0. The van der Waals surface area contributed by atoms with E-state index >= 15 is 0 Å². The van der Waals surface area contributed by atoms with Gasteiger partial charge in [-0.15, -0.1) is 0 Å². The summed E-state index contributed by atoms with van der Waals surface area (Å²) in [5.41, 5.74) is 1.06. The predicted octanol–water partition coefficient (Wildman–Crippen LogP) is 1.61. The second kappa shape index (κ2) is 4.18. The molecule has 1 aromatic heterocycles. The van der Waals surface area contributed by atoms with Crippen molar-refractivity contribution in [1.82, 2.24) is 9.97 Å². The molecule has 0 saturated carbocycles. The van der Waals surface area contributed by atoms with Crippen LogP contribution in [-0.4, -0.2) is 18.0 Å². The summed E-state index contributed by atoms with van der Waals surface area (Å²) in [5.74, 6) is 0. The average Bonchev–Trinajstić information content (AvgIpc) is 2.30. The smallest absolute Gasteiger partial charge is 0.137 e. The van der Waals surface area contributed by atoms with Crippen molar-refractivity contribution < 1.29 is 0 Å². The molecule has 2 rings (SSSR count). The fraction of sp³-hybridized carbons (Fsp3) is 0.231. The van der Waals surface area contributed by atoms with Gasteiger partial charge in [-0.2, -0.15) is 0 Å². The number of hydrogen-bond acceptors (Lipinski definition) is 2. The standard InChI is InChI=1S/C13H16N2Si/c1-11-13(15-10-9-14-11)16(2,3)12-7-5-4-6-8-12/h4-10H,1-3H3. The molecule has 16 heavy (non-hydrogen) atoms. The third-order valence-corrected chi connectivity index (χ3v) is 6.42. The van der Waals surface area contributed by atoms with Crippen molar-refractivity contribution in [2.24, 2.45) is 0 Å². The second-order valence-electron chi connectivity index (χ2n) is 4.48. The third kappa shape index (κ3) is 1.91. The summed E-state index contributed by atoms with van der Waals surface area (Å²) in [6.45, 7) is 6.68. The van der Waals surface area contributed by atoms with E-state index in [-0.39, 0.29) is 0 Å². The van der Waals surface area contributed by atoms with Crippen LogP contribution < -0.4 is 10.5 Å². The molecule has 3 heteroatoms. The molecule has 0 fully saturated rings. The molecule has 0 aliphatic rings. The Morgan fingerprint density at radius 1 is 0.938 bits per heavy atom. The maximum absolute atomic E-state index is 4.53. The highest BCUT2D eigenvalue weighted by molar-refractivity contribution is 7.00. The zero-order chi connectivity index (χ0) is 11.6. The number of aryl methyl sites for hydroxylation is 1. The van der Waals surface area contributed by atoms with Gasteiger partial charge in [0.2, 0.25) is 0 Å². The fourth-order valence-corrected chi connectivity index (χ4v) is 4.68. The third-order valence-electron chi connectivity index (χ3n) is 2.97. The number of nitrogens with zero attached hydrogens (tertiary/aromatic N) is 2. The van der Waals surface area contributed by atoms with Gasteiger partial charge in [0.15, 0.2) is 0 Å². The van der Waals surface area contributed by atoms with Gasteiger partial charge in [-0.05, 0) is 6.92 Å². The molecular weight excluding hydrogens is 212 g/mol. The van der Waals surface area contributed by atoms with Gasteiger partial charge in [0.05, 0.1) is 5.69 Å². The Kier molecular flexibility index (Phi) is 2.88. The first kappa shape index (κ1) is 11.0. The van der Waals surface area contributed by atoms with E-state index in [4.69, 9.17) is 0 Å². The van der Waals surface area contributed by atoms with Gasteiger partial charge < -0.3 is 0 Å². The van der Waals surface area contributed by atoms with Crippen molar-refractivity contribution in [2.75, 3.05) is 0 Å². The summed E-state index contributed by atoms with van der Waals surface area (Å²) in [5, 5.41) is 2.58. The van der Waals surface area contributed by atoms with Crippen molar-refractivity contribution in [2.45, 2.75) is 20.0 Å². The Balaban J connectivity index is 2.51. The van der Waals surface area contributed by atoms with Gasteiger partial charge in [0.25, 0.3) is 0 Å². The highest BCUT2D eigenvalue weighted by Crippen LogP contribution is 2.04. The Morgan fingerprint density at radius 2 is 1.56 bits per heavy atom. The van der Waals surface area contributed by atoms with E-state index in [0.717, 1.165) is 5.69 Å². The lowest BCUT2D eigenvalue weighted by atomic mass is 10.4. The van der Waals surface area contributed by atoms with E-state index in [1.165, 1.54) is 10.5 Å². The maximum atomic E-state index is 4.53. The molecule has 0 bridgehead atoms. The highest BCUT2D eigenvalue weighted by atomic mass is 28.3. The predicted molar refractivity (Wildman–Crippen MR) is 70.0 cm³/mol. The molecule has 0 atom stereocenters. The van der Waals surface area contributed by atoms with Gasteiger partial charge in [0.1, 0.15) is 8.07 Å². The summed E-state index contributed by atoms with van der Waals surface area (Å²) < 4.78 is 0. The van der Waals surface area contributed by atoms with E-state index in [1.54, 1.807) is 12.4 Å². The highest BCUT2D eigenvalue weighted by Gasteiger charge is 2.29. The van der Waals surface area contributed by atoms with Crippen molar-refractivity contribution in [3.8, 4) is 0 Å². The number of hydrogen-bond donors (Lipinski definition) is 0. The topological polar surface area (TPSA) is 25.8 Å². The molecule has 2 aromatic rings. The fourth-order valence-electron chi connectivity index (χ4n) is 2.01. The quantitative estimate of drug-likeness (QED) is 0.730. The van der Waals surface area contributed by atoms with Crippen LogP contribution in [0.15, 0.2) is 42.7 Å². The minimum absolute atomic E-state index is 1.06. The monoisotopic (exact) mass is 228 g/mol.